The Morgan fingerprint density at radius 2 is 1.62 bits per heavy atom. The number of aromatic carboxylic acids is 1. The van der Waals surface area contributed by atoms with Crippen molar-refractivity contribution < 1.29 is 19.4 Å². The number of hydrogen-bond acceptors (Lipinski definition) is 5. The van der Waals surface area contributed by atoms with E-state index in [1.165, 1.54) is 0 Å². The van der Waals surface area contributed by atoms with Crippen LogP contribution in [0.1, 0.15) is 31.1 Å². The van der Waals surface area contributed by atoms with Gasteiger partial charge in [-0.3, -0.25) is 4.90 Å². The lowest BCUT2D eigenvalue weighted by molar-refractivity contribution is -0.0162. The van der Waals surface area contributed by atoms with Gasteiger partial charge < -0.3 is 19.6 Å². The van der Waals surface area contributed by atoms with E-state index in [2.05, 4.69) is 9.80 Å². The summed E-state index contributed by atoms with van der Waals surface area (Å²) in [5.41, 5.74) is 0.909. The molecular weight excluding hydrogens is 334 g/mol. The Morgan fingerprint density at radius 3 is 2.12 bits per heavy atom. The molecule has 1 aromatic rings. The molecule has 26 heavy (non-hydrogen) atoms. The fourth-order valence-corrected chi connectivity index (χ4v) is 3.32. The van der Waals surface area contributed by atoms with Crippen LogP contribution in [0.15, 0.2) is 24.3 Å². The number of amides is 1. The molecule has 0 spiro atoms. The Labute approximate surface area is 154 Å². The zero-order valence-electron chi connectivity index (χ0n) is 15.6. The molecule has 0 saturated carbocycles. The van der Waals surface area contributed by atoms with Crippen LogP contribution in [0, 0.1) is 0 Å². The molecule has 2 aliphatic rings. The monoisotopic (exact) mass is 361 g/mol. The maximum Gasteiger partial charge on any atom is 0.410 e. The highest BCUT2D eigenvalue weighted by Gasteiger charge is 2.37. The minimum Gasteiger partial charge on any atom is -0.478 e. The number of ether oxygens (including phenoxy) is 1. The van der Waals surface area contributed by atoms with Crippen LogP contribution in [0.3, 0.4) is 0 Å². The molecule has 2 aliphatic heterocycles. The lowest BCUT2D eigenvalue weighted by Crippen LogP contribution is -2.64. The van der Waals surface area contributed by atoms with Gasteiger partial charge in [0.15, 0.2) is 0 Å². The molecule has 0 unspecified atom stereocenters. The summed E-state index contributed by atoms with van der Waals surface area (Å²) in [5, 5.41) is 8.98. The molecule has 2 saturated heterocycles. The van der Waals surface area contributed by atoms with Crippen molar-refractivity contribution in [2.75, 3.05) is 44.2 Å². The molecule has 3 rings (SSSR count). The second-order valence-corrected chi connectivity index (χ2v) is 7.91. The normalized spacial score (nSPS) is 19.2. The van der Waals surface area contributed by atoms with E-state index in [9.17, 15) is 9.59 Å². The van der Waals surface area contributed by atoms with E-state index in [-0.39, 0.29) is 6.09 Å². The number of likely N-dealkylation sites (tertiary alicyclic amines) is 1. The third kappa shape index (κ3) is 4.27. The van der Waals surface area contributed by atoms with Crippen molar-refractivity contribution in [3.63, 3.8) is 0 Å². The quantitative estimate of drug-likeness (QED) is 0.889. The van der Waals surface area contributed by atoms with Crippen molar-refractivity contribution >= 4 is 17.7 Å². The van der Waals surface area contributed by atoms with E-state index in [0.29, 0.717) is 11.6 Å². The van der Waals surface area contributed by atoms with Crippen LogP contribution in [-0.2, 0) is 4.74 Å². The number of anilines is 1. The van der Waals surface area contributed by atoms with Crippen molar-refractivity contribution in [1.82, 2.24) is 9.80 Å². The summed E-state index contributed by atoms with van der Waals surface area (Å²) in [4.78, 5) is 29.4. The third-order valence-corrected chi connectivity index (χ3v) is 4.82. The molecule has 1 aromatic carbocycles. The lowest BCUT2D eigenvalue weighted by Gasteiger charge is -2.48. The topological polar surface area (TPSA) is 73.3 Å². The van der Waals surface area contributed by atoms with Crippen molar-refractivity contribution in [1.29, 1.82) is 0 Å². The second-order valence-electron chi connectivity index (χ2n) is 7.91. The number of carboxylic acid groups (broad SMARTS) is 1. The molecule has 2 heterocycles. The summed E-state index contributed by atoms with van der Waals surface area (Å²) in [6.07, 6.45) is -0.231. The number of hydrogen-bond donors (Lipinski definition) is 1. The van der Waals surface area contributed by atoms with Crippen LogP contribution in [-0.4, -0.2) is 77.9 Å². The molecule has 0 aromatic heterocycles. The molecule has 142 valence electrons. The number of piperazine rings is 1. The van der Waals surface area contributed by atoms with Crippen LogP contribution >= 0.6 is 0 Å². The molecular formula is C19H27N3O4. The highest BCUT2D eigenvalue weighted by atomic mass is 16.6. The van der Waals surface area contributed by atoms with Gasteiger partial charge >= 0.3 is 12.1 Å². The van der Waals surface area contributed by atoms with Crippen molar-refractivity contribution in [2.45, 2.75) is 32.4 Å². The van der Waals surface area contributed by atoms with Crippen LogP contribution < -0.4 is 4.90 Å². The Kier molecular flexibility index (Phi) is 5.09. The fourth-order valence-electron chi connectivity index (χ4n) is 3.32. The second kappa shape index (κ2) is 7.15. The highest BCUT2D eigenvalue weighted by Crippen LogP contribution is 2.22. The summed E-state index contributed by atoms with van der Waals surface area (Å²) in [6, 6.07) is 7.43. The first-order valence-corrected chi connectivity index (χ1v) is 9.03. The Balaban J connectivity index is 1.45. The summed E-state index contributed by atoms with van der Waals surface area (Å²) in [5.74, 6) is -0.902. The minimum absolute atomic E-state index is 0.231. The molecule has 2 fully saturated rings. The van der Waals surface area contributed by atoms with Gasteiger partial charge in [-0.15, -0.1) is 0 Å². The van der Waals surface area contributed by atoms with Gasteiger partial charge in [-0.25, -0.2) is 9.59 Å². The molecule has 0 radical (unpaired) electrons. The van der Waals surface area contributed by atoms with Crippen LogP contribution in [0.2, 0.25) is 0 Å². The van der Waals surface area contributed by atoms with Gasteiger partial charge in [0, 0.05) is 51.0 Å². The van der Waals surface area contributed by atoms with Crippen molar-refractivity contribution in [3.05, 3.63) is 29.8 Å². The first-order chi connectivity index (χ1) is 12.2. The number of nitrogens with zero attached hydrogens (tertiary/aromatic N) is 3. The van der Waals surface area contributed by atoms with Gasteiger partial charge in [0.25, 0.3) is 0 Å². The lowest BCUT2D eigenvalue weighted by atomic mass is 10.1. The number of carboxylic acids is 1. The smallest absolute Gasteiger partial charge is 0.410 e. The SMILES string of the molecule is CC(C)(C)OC(=O)N1CC(N2CCN(c3ccc(C(=O)O)cc3)CC2)C1. The average molecular weight is 361 g/mol. The summed E-state index contributed by atoms with van der Waals surface area (Å²) in [6.45, 7) is 10.8. The molecule has 7 nitrogen and oxygen atoms in total. The Bertz CT molecular complexity index is 654. The summed E-state index contributed by atoms with van der Waals surface area (Å²) in [7, 11) is 0. The Morgan fingerprint density at radius 1 is 1.04 bits per heavy atom. The van der Waals surface area contributed by atoms with E-state index in [4.69, 9.17) is 9.84 Å². The van der Waals surface area contributed by atoms with Crippen molar-refractivity contribution in [3.8, 4) is 0 Å². The number of carbonyl (C=O) groups is 2. The van der Waals surface area contributed by atoms with Gasteiger partial charge in [-0.1, -0.05) is 0 Å². The molecule has 1 amide bonds. The first-order valence-electron chi connectivity index (χ1n) is 9.03. The zero-order valence-corrected chi connectivity index (χ0v) is 15.6. The average Bonchev–Trinajstić information content (AvgIpc) is 2.52. The predicted molar refractivity (Wildman–Crippen MR) is 98.8 cm³/mol. The van der Waals surface area contributed by atoms with E-state index in [0.717, 1.165) is 45.0 Å². The van der Waals surface area contributed by atoms with E-state index in [1.807, 2.05) is 32.9 Å². The van der Waals surface area contributed by atoms with Gasteiger partial charge in [0.05, 0.1) is 5.56 Å². The van der Waals surface area contributed by atoms with Crippen LogP contribution in [0.4, 0.5) is 10.5 Å². The Hall–Kier alpha value is -2.28. The number of rotatable bonds is 3. The van der Waals surface area contributed by atoms with E-state index in [1.54, 1.807) is 17.0 Å². The molecule has 7 heteroatoms. The predicted octanol–water partition coefficient (Wildman–Crippen LogP) is 2.13. The first kappa shape index (κ1) is 18.5. The van der Waals surface area contributed by atoms with Gasteiger partial charge in [-0.2, -0.15) is 0 Å². The number of carbonyl (C=O) groups excluding carboxylic acids is 1. The minimum atomic E-state index is -0.902. The van der Waals surface area contributed by atoms with Gasteiger partial charge in [0.1, 0.15) is 5.60 Å². The van der Waals surface area contributed by atoms with Gasteiger partial charge in [-0.05, 0) is 45.0 Å². The maximum absolute atomic E-state index is 12.0. The summed E-state index contributed by atoms with van der Waals surface area (Å²) < 4.78 is 5.40. The van der Waals surface area contributed by atoms with E-state index >= 15 is 0 Å². The van der Waals surface area contributed by atoms with E-state index < -0.39 is 11.6 Å². The maximum atomic E-state index is 12.0. The fraction of sp³-hybridized carbons (Fsp3) is 0.579. The van der Waals surface area contributed by atoms with Gasteiger partial charge in [0.2, 0.25) is 0 Å². The number of benzene rings is 1. The van der Waals surface area contributed by atoms with Crippen molar-refractivity contribution in [2.24, 2.45) is 0 Å². The van der Waals surface area contributed by atoms with Crippen LogP contribution in [0.5, 0.6) is 0 Å². The molecule has 1 N–H and O–H groups in total. The molecule has 0 atom stereocenters. The summed E-state index contributed by atoms with van der Waals surface area (Å²) >= 11 is 0. The van der Waals surface area contributed by atoms with Crippen LogP contribution in [0.25, 0.3) is 0 Å². The molecule has 0 bridgehead atoms. The zero-order chi connectivity index (χ0) is 18.9. The largest absolute Gasteiger partial charge is 0.478 e. The highest BCUT2D eigenvalue weighted by molar-refractivity contribution is 5.88. The standard InChI is InChI=1S/C19H27N3O4/c1-19(2,3)26-18(25)22-12-16(13-22)21-10-8-20(9-11-21)15-6-4-14(5-7-15)17(23)24/h4-7,16H,8-13H2,1-3H3,(H,23,24). The molecule has 0 aliphatic carbocycles. The third-order valence-electron chi connectivity index (χ3n) is 4.82.